The molecule has 1 nitrogen and oxygen atoms in total. The number of rotatable bonds is 6. The number of halogens is 2. The van der Waals surface area contributed by atoms with Gasteiger partial charge in [0.25, 0.3) is 0 Å². The Morgan fingerprint density at radius 1 is 1.33 bits per heavy atom. The van der Waals surface area contributed by atoms with Crippen LogP contribution in [0.1, 0.15) is 44.7 Å². The molecule has 0 spiro atoms. The van der Waals surface area contributed by atoms with E-state index in [9.17, 15) is 8.78 Å². The lowest BCUT2D eigenvalue weighted by Crippen LogP contribution is -2.23. The average molecular weight is 251 g/mol. The van der Waals surface area contributed by atoms with Gasteiger partial charge in [-0.25, -0.2) is 8.78 Å². The van der Waals surface area contributed by atoms with Crippen molar-refractivity contribution in [3.63, 3.8) is 0 Å². The van der Waals surface area contributed by atoms with Crippen LogP contribution in [-0.4, -0.2) is 6.54 Å². The number of benzene rings is 1. The first-order chi connectivity index (χ1) is 8.69. The van der Waals surface area contributed by atoms with E-state index in [0.717, 1.165) is 19.0 Å². The molecule has 1 rings (SSSR count). The van der Waals surface area contributed by atoms with Gasteiger partial charge in [0, 0.05) is 18.0 Å². The van der Waals surface area contributed by atoms with Gasteiger partial charge in [0.15, 0.2) is 0 Å². The fraction of sp³-hybridized carbons (Fsp3) is 0.467. The van der Waals surface area contributed by atoms with E-state index < -0.39 is 5.82 Å². The van der Waals surface area contributed by atoms with Gasteiger partial charge in [-0.15, -0.1) is 11.8 Å². The molecule has 18 heavy (non-hydrogen) atoms. The normalized spacial score (nSPS) is 11.8. The summed E-state index contributed by atoms with van der Waals surface area (Å²) in [5.41, 5.74) is 0.390. The summed E-state index contributed by atoms with van der Waals surface area (Å²) in [4.78, 5) is 0. The molecule has 1 aromatic carbocycles. The van der Waals surface area contributed by atoms with Gasteiger partial charge in [0.1, 0.15) is 11.6 Å². The Morgan fingerprint density at radius 3 is 2.78 bits per heavy atom. The Kier molecular flexibility index (Phi) is 6.38. The zero-order chi connectivity index (χ0) is 13.4. The lowest BCUT2D eigenvalue weighted by atomic mass is 10.0. The second-order valence-electron chi connectivity index (χ2n) is 4.14. The summed E-state index contributed by atoms with van der Waals surface area (Å²) in [6.45, 7) is 4.59. The van der Waals surface area contributed by atoms with Gasteiger partial charge in [-0.1, -0.05) is 6.92 Å². The minimum atomic E-state index is -0.406. The quantitative estimate of drug-likeness (QED) is 0.758. The summed E-state index contributed by atoms with van der Waals surface area (Å²) < 4.78 is 26.9. The van der Waals surface area contributed by atoms with E-state index >= 15 is 0 Å². The first kappa shape index (κ1) is 14.7. The minimum absolute atomic E-state index is 0.179. The van der Waals surface area contributed by atoms with Crippen molar-refractivity contribution in [2.24, 2.45) is 0 Å². The zero-order valence-corrected chi connectivity index (χ0v) is 10.9. The Morgan fingerprint density at radius 2 is 2.11 bits per heavy atom. The molecular formula is C15H19F2N. The van der Waals surface area contributed by atoms with Crippen molar-refractivity contribution >= 4 is 0 Å². The molecule has 3 heteroatoms. The zero-order valence-electron chi connectivity index (χ0n) is 10.9. The van der Waals surface area contributed by atoms with Gasteiger partial charge in [0.2, 0.25) is 0 Å². The maximum absolute atomic E-state index is 13.7. The summed E-state index contributed by atoms with van der Waals surface area (Å²) in [6.07, 6.45) is 2.31. The Labute approximate surface area is 108 Å². The van der Waals surface area contributed by atoms with Crippen LogP contribution in [0.2, 0.25) is 0 Å². The molecule has 0 fully saturated rings. The third-order valence-corrected chi connectivity index (χ3v) is 2.71. The molecule has 0 amide bonds. The largest absolute Gasteiger partial charge is 0.310 e. The molecule has 0 saturated heterocycles. The molecule has 0 bridgehead atoms. The van der Waals surface area contributed by atoms with Crippen LogP contribution in [0, 0.1) is 23.5 Å². The maximum Gasteiger partial charge on any atom is 0.128 e. The maximum atomic E-state index is 13.7. The first-order valence-corrected chi connectivity index (χ1v) is 6.27. The lowest BCUT2D eigenvalue weighted by molar-refractivity contribution is 0.473. The number of hydrogen-bond acceptors (Lipinski definition) is 1. The summed E-state index contributed by atoms with van der Waals surface area (Å²) in [7, 11) is 0. The van der Waals surface area contributed by atoms with E-state index in [-0.39, 0.29) is 11.9 Å². The topological polar surface area (TPSA) is 12.0 Å². The SMILES string of the molecule is CC#CCCC(NCCC)c1cc(F)ccc1F. The highest BCUT2D eigenvalue weighted by Gasteiger charge is 2.15. The van der Waals surface area contributed by atoms with Crippen LogP contribution in [0.15, 0.2) is 18.2 Å². The molecule has 0 aromatic heterocycles. The predicted octanol–water partition coefficient (Wildman–Crippen LogP) is 3.81. The monoisotopic (exact) mass is 251 g/mol. The average Bonchev–Trinajstić information content (AvgIpc) is 2.37. The van der Waals surface area contributed by atoms with Crippen LogP contribution >= 0.6 is 0 Å². The van der Waals surface area contributed by atoms with Crippen LogP contribution in [0.5, 0.6) is 0 Å². The highest BCUT2D eigenvalue weighted by atomic mass is 19.1. The fourth-order valence-corrected chi connectivity index (χ4v) is 1.81. The summed E-state index contributed by atoms with van der Waals surface area (Å²) in [6, 6.07) is 3.40. The number of hydrogen-bond donors (Lipinski definition) is 1. The van der Waals surface area contributed by atoms with E-state index in [1.165, 1.54) is 12.1 Å². The van der Waals surface area contributed by atoms with Crippen molar-refractivity contribution in [1.29, 1.82) is 0 Å². The van der Waals surface area contributed by atoms with E-state index in [1.54, 1.807) is 6.92 Å². The van der Waals surface area contributed by atoms with Crippen molar-refractivity contribution in [1.82, 2.24) is 5.32 Å². The van der Waals surface area contributed by atoms with E-state index in [4.69, 9.17) is 0 Å². The molecule has 1 N–H and O–H groups in total. The van der Waals surface area contributed by atoms with Crippen LogP contribution < -0.4 is 5.32 Å². The van der Waals surface area contributed by atoms with Crippen molar-refractivity contribution in [2.75, 3.05) is 6.54 Å². The predicted molar refractivity (Wildman–Crippen MR) is 70.1 cm³/mol. The molecular weight excluding hydrogens is 232 g/mol. The van der Waals surface area contributed by atoms with Crippen LogP contribution in [0.3, 0.4) is 0 Å². The van der Waals surface area contributed by atoms with Crippen molar-refractivity contribution in [3.05, 3.63) is 35.4 Å². The Hall–Kier alpha value is -1.40. The third kappa shape index (κ3) is 4.46. The van der Waals surface area contributed by atoms with Crippen molar-refractivity contribution in [3.8, 4) is 11.8 Å². The van der Waals surface area contributed by atoms with Gasteiger partial charge >= 0.3 is 0 Å². The highest BCUT2D eigenvalue weighted by Crippen LogP contribution is 2.22. The first-order valence-electron chi connectivity index (χ1n) is 6.27. The second kappa shape index (κ2) is 7.84. The highest BCUT2D eigenvalue weighted by molar-refractivity contribution is 5.22. The molecule has 0 aliphatic carbocycles. The van der Waals surface area contributed by atoms with Crippen molar-refractivity contribution in [2.45, 2.75) is 39.2 Å². The summed E-state index contributed by atoms with van der Waals surface area (Å²) in [5.74, 6) is 4.99. The van der Waals surface area contributed by atoms with Gasteiger partial charge in [0.05, 0.1) is 0 Å². The molecule has 0 saturated carbocycles. The van der Waals surface area contributed by atoms with E-state index in [1.807, 2.05) is 6.92 Å². The Balaban J connectivity index is 2.84. The van der Waals surface area contributed by atoms with Crippen LogP contribution in [0.4, 0.5) is 8.78 Å². The number of nitrogens with one attached hydrogen (secondary N) is 1. The van der Waals surface area contributed by atoms with Gasteiger partial charge in [-0.2, -0.15) is 0 Å². The molecule has 0 heterocycles. The summed E-state index contributed by atoms with van der Waals surface area (Å²) >= 11 is 0. The van der Waals surface area contributed by atoms with Gasteiger partial charge in [-0.3, -0.25) is 0 Å². The third-order valence-electron chi connectivity index (χ3n) is 2.71. The van der Waals surface area contributed by atoms with E-state index in [2.05, 4.69) is 17.2 Å². The van der Waals surface area contributed by atoms with Gasteiger partial charge < -0.3 is 5.32 Å². The molecule has 1 aromatic rings. The minimum Gasteiger partial charge on any atom is -0.310 e. The molecule has 1 atom stereocenters. The fourth-order valence-electron chi connectivity index (χ4n) is 1.81. The molecule has 1 unspecified atom stereocenters. The van der Waals surface area contributed by atoms with E-state index in [0.29, 0.717) is 18.4 Å². The molecule has 98 valence electrons. The smallest absolute Gasteiger partial charge is 0.128 e. The van der Waals surface area contributed by atoms with Gasteiger partial charge in [-0.05, 0) is 44.5 Å². The van der Waals surface area contributed by atoms with Crippen molar-refractivity contribution < 1.29 is 8.78 Å². The van der Waals surface area contributed by atoms with Crippen LogP contribution in [-0.2, 0) is 0 Å². The summed E-state index contributed by atoms with van der Waals surface area (Å²) in [5, 5.41) is 3.24. The van der Waals surface area contributed by atoms with Crippen LogP contribution in [0.25, 0.3) is 0 Å². The Bertz CT molecular complexity index is 432. The second-order valence-corrected chi connectivity index (χ2v) is 4.14. The molecule has 0 aliphatic rings. The molecule has 0 radical (unpaired) electrons. The lowest BCUT2D eigenvalue weighted by Gasteiger charge is -2.18. The standard InChI is InChI=1S/C15H19F2N/c1-3-5-6-7-15(18-10-4-2)13-11-12(16)8-9-14(13)17/h8-9,11,15,18H,4,6-7,10H2,1-2H3. The molecule has 0 aliphatic heterocycles.